The molecule has 0 spiro atoms. The molecule has 0 fully saturated rings. The summed E-state index contributed by atoms with van der Waals surface area (Å²) >= 11 is 0. The van der Waals surface area contributed by atoms with E-state index >= 15 is 0 Å². The van der Waals surface area contributed by atoms with Crippen molar-refractivity contribution >= 4 is 11.5 Å². The van der Waals surface area contributed by atoms with Gasteiger partial charge in [-0.15, -0.1) is 6.58 Å². The molecule has 0 saturated carbocycles. The number of hydrogen-bond donors (Lipinski definition) is 2. The number of aliphatic hydroxyl groups excluding tert-OH is 1. The second-order valence-electron chi connectivity index (χ2n) is 7.06. The van der Waals surface area contributed by atoms with Gasteiger partial charge in [0.05, 0.1) is 12.6 Å². The van der Waals surface area contributed by atoms with E-state index in [4.69, 9.17) is 20.3 Å². The molecule has 0 aromatic heterocycles. The summed E-state index contributed by atoms with van der Waals surface area (Å²) in [6.45, 7) is 10.6. The van der Waals surface area contributed by atoms with Gasteiger partial charge in [-0.05, 0) is 51.9 Å². The molecule has 1 aliphatic heterocycles. The molecule has 6 heteroatoms. The van der Waals surface area contributed by atoms with Gasteiger partial charge in [0.2, 0.25) is 0 Å². The maximum atomic E-state index is 8.46. The van der Waals surface area contributed by atoms with Gasteiger partial charge in [0.25, 0.3) is 0 Å². The molecule has 3 atom stereocenters. The van der Waals surface area contributed by atoms with Crippen LogP contribution in [0.5, 0.6) is 0 Å². The fraction of sp³-hybridized carbons (Fsp3) is 0.714. The summed E-state index contributed by atoms with van der Waals surface area (Å²) in [6.07, 6.45) is 7.60. The first kappa shape index (κ1) is 23.5. The van der Waals surface area contributed by atoms with Crippen LogP contribution in [-0.2, 0) is 9.47 Å². The summed E-state index contributed by atoms with van der Waals surface area (Å²) in [5.74, 6) is 1.46. The van der Waals surface area contributed by atoms with Crippen molar-refractivity contribution in [2.75, 3.05) is 20.3 Å². The van der Waals surface area contributed by atoms with Crippen molar-refractivity contribution in [1.29, 1.82) is 0 Å². The molecule has 0 saturated heterocycles. The molecule has 27 heavy (non-hydrogen) atoms. The first-order valence-electron chi connectivity index (χ1n) is 9.91. The van der Waals surface area contributed by atoms with Crippen LogP contribution in [0.2, 0.25) is 0 Å². The van der Waals surface area contributed by atoms with Gasteiger partial charge < -0.3 is 20.3 Å². The Labute approximate surface area is 164 Å². The van der Waals surface area contributed by atoms with Gasteiger partial charge in [0.1, 0.15) is 5.84 Å². The highest BCUT2D eigenvalue weighted by Gasteiger charge is 2.30. The number of rotatable bonds is 9. The number of hydrogen-bond acceptors (Lipinski definition) is 6. The number of amidine groups is 1. The first-order valence-corrected chi connectivity index (χ1v) is 9.91. The van der Waals surface area contributed by atoms with Gasteiger partial charge in [-0.1, -0.05) is 19.4 Å². The lowest BCUT2D eigenvalue weighted by Gasteiger charge is -2.32. The molecule has 0 bridgehead atoms. The Morgan fingerprint density at radius 2 is 2.15 bits per heavy atom. The number of nitrogens with two attached hydrogens (primary N) is 1. The van der Waals surface area contributed by atoms with Crippen molar-refractivity contribution < 1.29 is 14.6 Å². The number of fused-ring (bicyclic) bond motifs is 1. The Kier molecular flexibility index (Phi) is 11.2. The zero-order valence-corrected chi connectivity index (χ0v) is 17.4. The predicted molar refractivity (Wildman–Crippen MR) is 112 cm³/mol. The molecule has 1 heterocycles. The van der Waals surface area contributed by atoms with Crippen LogP contribution in [0.25, 0.3) is 0 Å². The minimum Gasteiger partial charge on any atom is -0.402 e. The van der Waals surface area contributed by atoms with Crippen LogP contribution >= 0.6 is 0 Å². The van der Waals surface area contributed by atoms with Crippen molar-refractivity contribution in [3.63, 3.8) is 0 Å². The van der Waals surface area contributed by atoms with Gasteiger partial charge >= 0.3 is 0 Å². The predicted octanol–water partition coefficient (Wildman–Crippen LogP) is 3.60. The van der Waals surface area contributed by atoms with E-state index in [0.717, 1.165) is 49.3 Å². The second kappa shape index (κ2) is 12.8. The molecule has 0 aromatic rings. The smallest absolute Gasteiger partial charge is 0.157 e. The molecule has 0 radical (unpaired) electrons. The largest absolute Gasteiger partial charge is 0.402 e. The number of aliphatic imine (C=N–C) groups is 2. The number of ether oxygens (including phenoxy) is 2. The van der Waals surface area contributed by atoms with Gasteiger partial charge in [0, 0.05) is 30.7 Å². The average Bonchev–Trinajstić information content (AvgIpc) is 2.61. The monoisotopic (exact) mass is 379 g/mol. The minimum absolute atomic E-state index is 0.0912. The van der Waals surface area contributed by atoms with Crippen LogP contribution in [0.1, 0.15) is 59.3 Å². The number of methoxy groups -OCH3 is 1. The van der Waals surface area contributed by atoms with E-state index in [1.165, 1.54) is 5.57 Å². The van der Waals surface area contributed by atoms with Gasteiger partial charge in [-0.2, -0.15) is 0 Å². The molecule has 2 aliphatic rings. The Morgan fingerprint density at radius 1 is 1.41 bits per heavy atom. The molecule has 3 N–H and O–H groups in total. The van der Waals surface area contributed by atoms with Crippen molar-refractivity contribution in [2.24, 2.45) is 21.6 Å². The van der Waals surface area contributed by atoms with E-state index in [1.807, 2.05) is 19.9 Å². The summed E-state index contributed by atoms with van der Waals surface area (Å²) < 4.78 is 10.3. The second-order valence-corrected chi connectivity index (χ2v) is 7.06. The highest BCUT2D eigenvalue weighted by atomic mass is 16.7. The Bertz CT molecular complexity index is 555. The molecule has 0 amide bonds. The molecule has 1 aliphatic carbocycles. The topological polar surface area (TPSA) is 89.4 Å². The van der Waals surface area contributed by atoms with Gasteiger partial charge in [-0.3, -0.25) is 4.99 Å². The zero-order valence-electron chi connectivity index (χ0n) is 17.4. The van der Waals surface area contributed by atoms with Crippen LogP contribution < -0.4 is 5.73 Å². The van der Waals surface area contributed by atoms with Crippen LogP contribution in [0.15, 0.2) is 33.9 Å². The summed E-state index contributed by atoms with van der Waals surface area (Å²) in [5.41, 5.74) is 9.33. The zero-order chi connectivity index (χ0) is 20.2. The van der Waals surface area contributed by atoms with Crippen LogP contribution in [0.4, 0.5) is 0 Å². The maximum absolute atomic E-state index is 8.46. The van der Waals surface area contributed by atoms with Gasteiger partial charge in [-0.25, -0.2) is 4.99 Å². The Hall–Kier alpha value is -1.50. The Morgan fingerprint density at radius 3 is 2.74 bits per heavy atom. The quantitative estimate of drug-likeness (QED) is 0.364. The maximum Gasteiger partial charge on any atom is 0.157 e. The normalized spacial score (nSPS) is 22.9. The summed E-state index contributed by atoms with van der Waals surface area (Å²) in [7, 11) is 1.64. The highest BCUT2D eigenvalue weighted by Crippen LogP contribution is 2.33. The fourth-order valence-corrected chi connectivity index (χ4v) is 3.50. The van der Waals surface area contributed by atoms with Gasteiger partial charge in [0.15, 0.2) is 6.29 Å². The molecular weight excluding hydrogens is 342 g/mol. The lowest BCUT2D eigenvalue weighted by Crippen LogP contribution is -2.32. The van der Waals surface area contributed by atoms with Crippen molar-refractivity contribution in [3.8, 4) is 0 Å². The number of aliphatic hydroxyl groups is 1. The lowest BCUT2D eigenvalue weighted by atomic mass is 9.80. The SMILES string of the molecule is C=CC[C@H]1CC(N)=C2C(C)=NC(C)=NC2C1.CCCC(OC)OCCCO. The van der Waals surface area contributed by atoms with E-state index in [2.05, 4.69) is 23.5 Å². The average molecular weight is 380 g/mol. The molecule has 0 aromatic carbocycles. The third-order valence-corrected chi connectivity index (χ3v) is 4.70. The number of nitrogens with zero attached hydrogens (tertiary/aromatic N) is 2. The molecular formula is C21H37N3O3. The molecule has 2 rings (SSSR count). The standard InChI is InChI=1S/C13H19N3.C8H18O3/c1-4-5-10-6-11(14)13-8(2)15-9(3)16-12(13)7-10;1-3-5-8(10-2)11-7-4-6-9/h4,10,12H,1,5-7,14H2,2-3H3;8-9H,3-7H2,1-2H3/t10-,12?;/m0./s1. The first-order chi connectivity index (χ1) is 13.0. The highest BCUT2D eigenvalue weighted by molar-refractivity contribution is 6.08. The van der Waals surface area contributed by atoms with Crippen LogP contribution in [0.3, 0.4) is 0 Å². The van der Waals surface area contributed by atoms with E-state index in [1.54, 1.807) is 7.11 Å². The number of allylic oxidation sites excluding steroid dienone is 2. The summed E-state index contributed by atoms with van der Waals surface area (Å²) in [4.78, 5) is 8.99. The Balaban J connectivity index is 0.000000293. The third-order valence-electron chi connectivity index (χ3n) is 4.70. The third kappa shape index (κ3) is 7.95. The lowest BCUT2D eigenvalue weighted by molar-refractivity contribution is -0.129. The van der Waals surface area contributed by atoms with E-state index < -0.39 is 0 Å². The molecule has 154 valence electrons. The van der Waals surface area contributed by atoms with Crippen molar-refractivity contribution in [3.05, 3.63) is 23.9 Å². The van der Waals surface area contributed by atoms with E-state index in [0.29, 0.717) is 18.9 Å². The van der Waals surface area contributed by atoms with E-state index in [9.17, 15) is 0 Å². The van der Waals surface area contributed by atoms with E-state index in [-0.39, 0.29) is 18.9 Å². The van der Waals surface area contributed by atoms with Crippen LogP contribution in [-0.4, -0.2) is 49.3 Å². The molecule has 6 nitrogen and oxygen atoms in total. The van der Waals surface area contributed by atoms with Crippen molar-refractivity contribution in [2.45, 2.75) is 71.6 Å². The van der Waals surface area contributed by atoms with Crippen molar-refractivity contribution in [1.82, 2.24) is 0 Å². The summed E-state index contributed by atoms with van der Waals surface area (Å²) in [6, 6.07) is 0.233. The summed E-state index contributed by atoms with van der Waals surface area (Å²) in [5, 5.41) is 8.46. The van der Waals surface area contributed by atoms with Crippen LogP contribution in [0, 0.1) is 5.92 Å². The fourth-order valence-electron chi connectivity index (χ4n) is 3.50. The molecule has 2 unspecified atom stereocenters. The minimum atomic E-state index is -0.0912.